The van der Waals surface area contributed by atoms with Gasteiger partial charge in [-0.25, -0.2) is 0 Å². The van der Waals surface area contributed by atoms with Crippen LogP contribution in [-0.2, 0) is 4.79 Å². The third kappa shape index (κ3) is 3.79. The van der Waals surface area contributed by atoms with Gasteiger partial charge in [0.05, 0.1) is 5.92 Å². The van der Waals surface area contributed by atoms with Crippen LogP contribution in [0.1, 0.15) is 47.0 Å². The highest BCUT2D eigenvalue weighted by atomic mass is 16.4. The lowest BCUT2D eigenvalue weighted by Crippen LogP contribution is -2.11. The van der Waals surface area contributed by atoms with Crippen LogP contribution in [0.3, 0.4) is 0 Å². The lowest BCUT2D eigenvalue weighted by atomic mass is 9.93. The normalized spacial score (nSPS) is 26.8. The third-order valence-electron chi connectivity index (χ3n) is 2.77. The van der Waals surface area contributed by atoms with Crippen molar-refractivity contribution in [1.82, 2.24) is 0 Å². The second-order valence-electron chi connectivity index (χ2n) is 3.85. The third-order valence-corrected chi connectivity index (χ3v) is 2.77. The molecule has 0 aliphatic heterocycles. The van der Waals surface area contributed by atoms with Crippen molar-refractivity contribution < 1.29 is 9.90 Å². The van der Waals surface area contributed by atoms with Crippen LogP contribution in [0, 0.1) is 17.8 Å². The summed E-state index contributed by atoms with van der Waals surface area (Å²) in [6, 6.07) is 0. The Morgan fingerprint density at radius 3 is 2.08 bits per heavy atom. The van der Waals surface area contributed by atoms with Gasteiger partial charge in [0, 0.05) is 0 Å². The molecule has 0 bridgehead atoms. The summed E-state index contributed by atoms with van der Waals surface area (Å²) in [7, 11) is 0. The molecule has 0 heterocycles. The standard InChI is InChI=1S/C9H16O2.C2H6/c1-6(2)7-3-4-8(5-7)9(10)11;1-2/h6-8H,3-5H2,1-2H3,(H,10,11);1-2H3/t7-,8+;/m0./s1. The molecule has 0 aromatic rings. The van der Waals surface area contributed by atoms with Crippen molar-refractivity contribution in [3.05, 3.63) is 0 Å². The smallest absolute Gasteiger partial charge is 0.306 e. The van der Waals surface area contributed by atoms with E-state index in [0.717, 1.165) is 19.3 Å². The molecular formula is C11H22O2. The first-order valence-corrected chi connectivity index (χ1v) is 5.34. The fourth-order valence-corrected chi connectivity index (χ4v) is 1.85. The fourth-order valence-electron chi connectivity index (χ4n) is 1.85. The number of aliphatic carboxylic acids is 1. The summed E-state index contributed by atoms with van der Waals surface area (Å²) in [5.74, 6) is 0.644. The molecule has 0 unspecified atom stereocenters. The van der Waals surface area contributed by atoms with Gasteiger partial charge in [-0.05, 0) is 31.1 Å². The number of carboxylic acid groups (broad SMARTS) is 1. The Morgan fingerprint density at radius 2 is 1.85 bits per heavy atom. The molecule has 0 radical (unpaired) electrons. The summed E-state index contributed by atoms with van der Waals surface area (Å²) in [5, 5.41) is 8.71. The number of carbonyl (C=O) groups is 1. The van der Waals surface area contributed by atoms with Gasteiger partial charge < -0.3 is 5.11 Å². The zero-order chi connectivity index (χ0) is 10.4. The number of hydrogen-bond donors (Lipinski definition) is 1. The second-order valence-corrected chi connectivity index (χ2v) is 3.85. The molecule has 2 nitrogen and oxygen atoms in total. The quantitative estimate of drug-likeness (QED) is 0.719. The molecule has 1 fully saturated rings. The summed E-state index contributed by atoms with van der Waals surface area (Å²) in [5.41, 5.74) is 0. The van der Waals surface area contributed by atoms with Crippen LogP contribution < -0.4 is 0 Å². The van der Waals surface area contributed by atoms with Gasteiger partial charge in [-0.3, -0.25) is 4.79 Å². The van der Waals surface area contributed by atoms with Crippen molar-refractivity contribution in [3.63, 3.8) is 0 Å². The first-order valence-electron chi connectivity index (χ1n) is 5.34. The molecule has 1 saturated carbocycles. The fraction of sp³-hybridized carbons (Fsp3) is 0.909. The van der Waals surface area contributed by atoms with Gasteiger partial charge in [-0.2, -0.15) is 0 Å². The molecule has 0 spiro atoms. The highest BCUT2D eigenvalue weighted by molar-refractivity contribution is 5.70. The highest BCUT2D eigenvalue weighted by Crippen LogP contribution is 2.35. The van der Waals surface area contributed by atoms with Gasteiger partial charge in [0.25, 0.3) is 0 Å². The predicted octanol–water partition coefficient (Wildman–Crippen LogP) is 3.17. The molecule has 78 valence electrons. The van der Waals surface area contributed by atoms with E-state index < -0.39 is 5.97 Å². The molecule has 1 N–H and O–H groups in total. The van der Waals surface area contributed by atoms with E-state index in [0.29, 0.717) is 11.8 Å². The molecule has 13 heavy (non-hydrogen) atoms. The van der Waals surface area contributed by atoms with Crippen molar-refractivity contribution in [1.29, 1.82) is 0 Å². The van der Waals surface area contributed by atoms with E-state index in [-0.39, 0.29) is 5.92 Å². The van der Waals surface area contributed by atoms with Crippen LogP contribution in [0.4, 0.5) is 0 Å². The van der Waals surface area contributed by atoms with Crippen LogP contribution in [-0.4, -0.2) is 11.1 Å². The molecule has 2 atom stereocenters. The van der Waals surface area contributed by atoms with Crippen molar-refractivity contribution in [3.8, 4) is 0 Å². The summed E-state index contributed by atoms with van der Waals surface area (Å²) in [4.78, 5) is 10.6. The van der Waals surface area contributed by atoms with Crippen LogP contribution in [0.25, 0.3) is 0 Å². The highest BCUT2D eigenvalue weighted by Gasteiger charge is 2.30. The van der Waals surface area contributed by atoms with Crippen LogP contribution in [0.2, 0.25) is 0 Å². The zero-order valence-electron chi connectivity index (χ0n) is 9.21. The van der Waals surface area contributed by atoms with E-state index in [4.69, 9.17) is 5.11 Å². The molecule has 0 saturated heterocycles. The molecule has 1 aliphatic rings. The molecule has 1 rings (SSSR count). The predicted molar refractivity (Wildman–Crippen MR) is 54.7 cm³/mol. The van der Waals surface area contributed by atoms with E-state index in [1.165, 1.54) is 0 Å². The summed E-state index contributed by atoms with van der Waals surface area (Å²) in [6.07, 6.45) is 2.89. The lowest BCUT2D eigenvalue weighted by Gasteiger charge is -2.12. The van der Waals surface area contributed by atoms with Gasteiger partial charge in [-0.1, -0.05) is 27.7 Å². The maximum Gasteiger partial charge on any atom is 0.306 e. The average molecular weight is 186 g/mol. The Kier molecular flexibility index (Phi) is 5.76. The maximum atomic E-state index is 10.6. The Bertz CT molecular complexity index is 152. The average Bonchev–Trinajstić information content (AvgIpc) is 2.56. The largest absolute Gasteiger partial charge is 0.481 e. The van der Waals surface area contributed by atoms with Gasteiger partial charge in [0.1, 0.15) is 0 Å². The Hall–Kier alpha value is -0.530. The number of rotatable bonds is 2. The van der Waals surface area contributed by atoms with E-state index in [2.05, 4.69) is 13.8 Å². The summed E-state index contributed by atoms with van der Waals surface area (Å²) >= 11 is 0. The maximum absolute atomic E-state index is 10.6. The first-order chi connectivity index (χ1) is 6.11. The molecule has 1 aliphatic carbocycles. The minimum atomic E-state index is -0.604. The summed E-state index contributed by atoms with van der Waals surface area (Å²) < 4.78 is 0. The monoisotopic (exact) mass is 186 g/mol. The van der Waals surface area contributed by atoms with E-state index in [1.54, 1.807) is 0 Å². The van der Waals surface area contributed by atoms with Crippen LogP contribution in [0.5, 0.6) is 0 Å². The number of hydrogen-bond acceptors (Lipinski definition) is 1. The Balaban J connectivity index is 0.000000671. The summed E-state index contributed by atoms with van der Waals surface area (Å²) in [6.45, 7) is 8.35. The Labute approximate surface area is 81.3 Å². The SMILES string of the molecule is CC.CC(C)[C@H]1CC[C@@H](C(=O)O)C1. The minimum Gasteiger partial charge on any atom is -0.481 e. The van der Waals surface area contributed by atoms with Gasteiger partial charge in [-0.15, -0.1) is 0 Å². The van der Waals surface area contributed by atoms with Crippen molar-refractivity contribution >= 4 is 5.97 Å². The topological polar surface area (TPSA) is 37.3 Å². The van der Waals surface area contributed by atoms with Crippen LogP contribution >= 0.6 is 0 Å². The first kappa shape index (κ1) is 12.5. The van der Waals surface area contributed by atoms with E-state index in [9.17, 15) is 4.79 Å². The molecule has 0 aromatic carbocycles. The van der Waals surface area contributed by atoms with Crippen molar-refractivity contribution in [2.75, 3.05) is 0 Å². The van der Waals surface area contributed by atoms with E-state index >= 15 is 0 Å². The molecule has 0 amide bonds. The van der Waals surface area contributed by atoms with Gasteiger partial charge >= 0.3 is 5.97 Å². The van der Waals surface area contributed by atoms with Crippen LogP contribution in [0.15, 0.2) is 0 Å². The van der Waals surface area contributed by atoms with Crippen molar-refractivity contribution in [2.24, 2.45) is 17.8 Å². The van der Waals surface area contributed by atoms with Gasteiger partial charge in [0.15, 0.2) is 0 Å². The zero-order valence-corrected chi connectivity index (χ0v) is 9.21. The second kappa shape index (κ2) is 6.01. The molecule has 2 heteroatoms. The van der Waals surface area contributed by atoms with Gasteiger partial charge in [0.2, 0.25) is 0 Å². The molecular weight excluding hydrogens is 164 g/mol. The Morgan fingerprint density at radius 1 is 1.31 bits per heavy atom. The minimum absolute atomic E-state index is 0.0533. The lowest BCUT2D eigenvalue weighted by molar-refractivity contribution is -0.141. The molecule has 0 aromatic heterocycles. The number of carboxylic acids is 1. The van der Waals surface area contributed by atoms with Crippen molar-refractivity contribution in [2.45, 2.75) is 47.0 Å². The van der Waals surface area contributed by atoms with E-state index in [1.807, 2.05) is 13.8 Å².